The van der Waals surface area contributed by atoms with Crippen molar-refractivity contribution in [1.82, 2.24) is 9.78 Å². The summed E-state index contributed by atoms with van der Waals surface area (Å²) in [4.78, 5) is 10.6. The van der Waals surface area contributed by atoms with Crippen LogP contribution in [-0.2, 0) is 18.9 Å². The normalized spacial score (nSPS) is 12.8. The zero-order chi connectivity index (χ0) is 15.0. The predicted octanol–water partition coefficient (Wildman–Crippen LogP) is 1.61. The van der Waals surface area contributed by atoms with Crippen LogP contribution in [0, 0.1) is 0 Å². The van der Waals surface area contributed by atoms with Gasteiger partial charge in [-0.05, 0) is 0 Å². The average molecular weight is 292 g/mol. The van der Waals surface area contributed by atoms with Crippen LogP contribution >= 0.6 is 0 Å². The lowest BCUT2D eigenvalue weighted by atomic mass is 10.1. The van der Waals surface area contributed by atoms with Gasteiger partial charge in [0.25, 0.3) is 0 Å². The fourth-order valence-corrected chi connectivity index (χ4v) is 1.41. The van der Waals surface area contributed by atoms with Crippen molar-refractivity contribution in [3.05, 3.63) is 17.0 Å². The van der Waals surface area contributed by atoms with Gasteiger partial charge in [-0.2, -0.15) is 31.4 Å². The van der Waals surface area contributed by atoms with E-state index in [1.807, 2.05) is 0 Å². The maximum Gasteiger partial charge on any atom is 0.436 e. The summed E-state index contributed by atoms with van der Waals surface area (Å²) in [5.74, 6) is -2.40. The number of aliphatic hydroxyl groups is 1. The van der Waals surface area contributed by atoms with Crippen molar-refractivity contribution in [2.24, 2.45) is 0 Å². The molecule has 0 amide bonds. The Bertz CT molecular complexity index is 490. The lowest BCUT2D eigenvalue weighted by molar-refractivity contribution is -0.145. The molecule has 0 saturated carbocycles. The van der Waals surface area contributed by atoms with Gasteiger partial charge in [-0.1, -0.05) is 0 Å². The summed E-state index contributed by atoms with van der Waals surface area (Å²) in [5, 5.41) is 19.6. The number of rotatable bonds is 3. The van der Waals surface area contributed by atoms with Crippen molar-refractivity contribution in [1.29, 1.82) is 0 Å². The second kappa shape index (κ2) is 4.72. The van der Waals surface area contributed by atoms with Gasteiger partial charge in [0.15, 0.2) is 11.4 Å². The fourth-order valence-electron chi connectivity index (χ4n) is 1.41. The van der Waals surface area contributed by atoms with E-state index >= 15 is 0 Å². The zero-order valence-electron chi connectivity index (χ0n) is 8.88. The lowest BCUT2D eigenvalue weighted by Gasteiger charge is -2.10. The second-order valence-corrected chi connectivity index (χ2v) is 3.32. The highest BCUT2D eigenvalue weighted by molar-refractivity contribution is 5.90. The van der Waals surface area contributed by atoms with Crippen molar-refractivity contribution in [3.63, 3.8) is 0 Å². The Hall–Kier alpha value is -1.78. The van der Waals surface area contributed by atoms with Gasteiger partial charge in [0, 0.05) is 0 Å². The standard InChI is InChI=1S/C8H6F6N2O3/c9-7(10,11)4-3(6(18)19)5(8(12,13)14)16(15-4)1-2-17/h17H,1-2H2,(H,18,19). The monoisotopic (exact) mass is 292 g/mol. The highest BCUT2D eigenvalue weighted by atomic mass is 19.4. The number of carbonyl (C=O) groups is 1. The molecule has 108 valence electrons. The molecule has 0 unspecified atom stereocenters. The molecule has 2 N–H and O–H groups in total. The van der Waals surface area contributed by atoms with Crippen LogP contribution < -0.4 is 0 Å². The average Bonchev–Trinajstić information content (AvgIpc) is 2.56. The first kappa shape index (κ1) is 15.3. The molecule has 0 spiro atoms. The van der Waals surface area contributed by atoms with E-state index in [0.717, 1.165) is 0 Å². The molecule has 0 aromatic carbocycles. The number of aromatic carboxylic acids is 1. The molecule has 0 aliphatic carbocycles. The minimum atomic E-state index is -5.35. The molecule has 0 fully saturated rings. The number of halogens is 6. The maximum absolute atomic E-state index is 12.6. The van der Waals surface area contributed by atoms with E-state index in [0.29, 0.717) is 0 Å². The van der Waals surface area contributed by atoms with Crippen LogP contribution in [0.2, 0.25) is 0 Å². The van der Waals surface area contributed by atoms with Crippen LogP contribution in [0.1, 0.15) is 21.7 Å². The molecule has 1 heterocycles. The molecule has 11 heteroatoms. The summed E-state index contributed by atoms with van der Waals surface area (Å²) < 4.78 is 75.0. The summed E-state index contributed by atoms with van der Waals surface area (Å²) in [6.45, 7) is -1.84. The third-order valence-corrected chi connectivity index (χ3v) is 2.02. The quantitative estimate of drug-likeness (QED) is 0.830. The van der Waals surface area contributed by atoms with Gasteiger partial charge in [0.05, 0.1) is 13.2 Å². The number of alkyl halides is 6. The molecule has 1 aromatic heterocycles. The molecule has 0 atom stereocenters. The number of aliphatic hydroxyl groups excluding tert-OH is 1. The number of nitrogens with zero attached hydrogens (tertiary/aromatic N) is 2. The summed E-state index contributed by atoms with van der Waals surface area (Å²) in [7, 11) is 0. The molecule has 0 aliphatic heterocycles. The minimum absolute atomic E-state index is 0.216. The van der Waals surface area contributed by atoms with Gasteiger partial charge in [0.2, 0.25) is 0 Å². The van der Waals surface area contributed by atoms with E-state index in [-0.39, 0.29) is 4.68 Å². The van der Waals surface area contributed by atoms with Crippen LogP contribution in [0.5, 0.6) is 0 Å². The summed E-state index contributed by atoms with van der Waals surface area (Å²) in [6, 6.07) is 0. The first-order valence-corrected chi connectivity index (χ1v) is 4.59. The number of hydrogen-bond donors (Lipinski definition) is 2. The number of carboxylic acid groups (broad SMARTS) is 1. The van der Waals surface area contributed by atoms with Gasteiger partial charge in [-0.25, -0.2) is 4.79 Å². The first-order chi connectivity index (χ1) is 8.50. The SMILES string of the molecule is O=C(O)c1c(C(F)(F)F)nn(CCO)c1C(F)(F)F. The molecule has 0 radical (unpaired) electrons. The largest absolute Gasteiger partial charge is 0.478 e. The van der Waals surface area contributed by atoms with Gasteiger partial charge in [-0.15, -0.1) is 0 Å². The third-order valence-electron chi connectivity index (χ3n) is 2.02. The highest BCUT2D eigenvalue weighted by Crippen LogP contribution is 2.39. The molecule has 0 aliphatic rings. The minimum Gasteiger partial charge on any atom is -0.478 e. The van der Waals surface area contributed by atoms with E-state index in [1.54, 1.807) is 0 Å². The molecule has 0 saturated heterocycles. The number of hydrogen-bond acceptors (Lipinski definition) is 3. The van der Waals surface area contributed by atoms with Crippen molar-refractivity contribution in [2.45, 2.75) is 18.9 Å². The van der Waals surface area contributed by atoms with E-state index in [4.69, 9.17) is 10.2 Å². The Morgan fingerprint density at radius 1 is 1.16 bits per heavy atom. The summed E-state index contributed by atoms with van der Waals surface area (Å²) in [6.07, 6.45) is -10.7. The Kier molecular flexibility index (Phi) is 3.79. The Labute approximate surface area is 101 Å². The van der Waals surface area contributed by atoms with Crippen molar-refractivity contribution in [3.8, 4) is 0 Å². The second-order valence-electron chi connectivity index (χ2n) is 3.32. The van der Waals surface area contributed by atoms with Gasteiger partial charge < -0.3 is 10.2 Å². The highest BCUT2D eigenvalue weighted by Gasteiger charge is 2.48. The molecular weight excluding hydrogens is 286 g/mol. The number of aromatic nitrogens is 2. The number of carboxylic acids is 1. The molecule has 0 bridgehead atoms. The van der Waals surface area contributed by atoms with Crippen LogP contribution in [0.3, 0.4) is 0 Å². The van der Waals surface area contributed by atoms with E-state index in [1.165, 1.54) is 0 Å². The van der Waals surface area contributed by atoms with Gasteiger partial charge in [0.1, 0.15) is 5.56 Å². The summed E-state index contributed by atoms with van der Waals surface area (Å²) in [5.41, 5.74) is -6.18. The van der Waals surface area contributed by atoms with Crippen LogP contribution in [0.25, 0.3) is 0 Å². The first-order valence-electron chi connectivity index (χ1n) is 4.59. The van der Waals surface area contributed by atoms with E-state index in [9.17, 15) is 31.1 Å². The predicted molar refractivity (Wildman–Crippen MR) is 46.3 cm³/mol. The maximum atomic E-state index is 12.6. The smallest absolute Gasteiger partial charge is 0.436 e. The molecule has 5 nitrogen and oxygen atoms in total. The molecule has 19 heavy (non-hydrogen) atoms. The summed E-state index contributed by atoms with van der Waals surface area (Å²) >= 11 is 0. The molecular formula is C8H6F6N2O3. The zero-order valence-corrected chi connectivity index (χ0v) is 8.88. The van der Waals surface area contributed by atoms with Crippen molar-refractivity contribution >= 4 is 5.97 Å². The van der Waals surface area contributed by atoms with Gasteiger partial charge >= 0.3 is 18.3 Å². The van der Waals surface area contributed by atoms with Gasteiger partial charge in [-0.3, -0.25) is 4.68 Å². The third kappa shape index (κ3) is 2.97. The Morgan fingerprint density at radius 3 is 2.00 bits per heavy atom. The fraction of sp³-hybridized carbons (Fsp3) is 0.500. The van der Waals surface area contributed by atoms with Crippen LogP contribution in [0.4, 0.5) is 26.3 Å². The molecule has 1 aromatic rings. The van der Waals surface area contributed by atoms with Crippen LogP contribution in [-0.4, -0.2) is 32.6 Å². The van der Waals surface area contributed by atoms with Crippen molar-refractivity contribution in [2.75, 3.05) is 6.61 Å². The van der Waals surface area contributed by atoms with Crippen LogP contribution in [0.15, 0.2) is 0 Å². The van der Waals surface area contributed by atoms with Crippen molar-refractivity contribution < 1.29 is 41.4 Å². The topological polar surface area (TPSA) is 75.3 Å². The van der Waals surface area contributed by atoms with E-state index in [2.05, 4.69) is 5.10 Å². The Morgan fingerprint density at radius 2 is 1.68 bits per heavy atom. The Balaban J connectivity index is 3.66. The lowest BCUT2D eigenvalue weighted by Crippen LogP contribution is -2.19. The molecule has 1 rings (SSSR count). The van der Waals surface area contributed by atoms with E-state index < -0.39 is 48.4 Å².